The quantitative estimate of drug-likeness (QED) is 0.480. The van der Waals surface area contributed by atoms with Gasteiger partial charge in [-0.2, -0.15) is 5.26 Å². The molecule has 2 aromatic rings. The zero-order valence-corrected chi connectivity index (χ0v) is 15.2. The fourth-order valence-corrected chi connectivity index (χ4v) is 3.09. The smallest absolute Gasteiger partial charge is 0.271 e. The third-order valence-electron chi connectivity index (χ3n) is 4.66. The number of pyridine rings is 1. The van der Waals surface area contributed by atoms with Crippen molar-refractivity contribution in [1.29, 1.82) is 5.26 Å². The minimum Gasteiger partial charge on any atom is -0.494 e. The molecule has 28 heavy (non-hydrogen) atoms. The second-order valence-corrected chi connectivity index (χ2v) is 6.43. The van der Waals surface area contributed by atoms with Gasteiger partial charge in [-0.05, 0) is 37.5 Å². The van der Waals surface area contributed by atoms with E-state index in [0.717, 1.165) is 17.4 Å². The molecule has 0 bridgehead atoms. The number of nitrogens with zero attached hydrogens (tertiary/aromatic N) is 4. The first-order chi connectivity index (χ1) is 13.4. The number of nitro groups is 1. The summed E-state index contributed by atoms with van der Waals surface area (Å²) in [7, 11) is 0. The van der Waals surface area contributed by atoms with E-state index in [9.17, 15) is 25.3 Å². The molecular formula is C19H18N4O5. The van der Waals surface area contributed by atoms with E-state index >= 15 is 0 Å². The van der Waals surface area contributed by atoms with Crippen LogP contribution in [0.5, 0.6) is 5.88 Å². The maximum atomic E-state index is 12.6. The number of nitriles is 1. The van der Waals surface area contributed by atoms with Gasteiger partial charge in [0.1, 0.15) is 11.6 Å². The van der Waals surface area contributed by atoms with Crippen LogP contribution in [0.25, 0.3) is 0 Å². The maximum Gasteiger partial charge on any atom is 0.271 e. The standard InChI is InChI=1S/C19H18N4O5/c1-12-16(9-20)18(24)22(11-15-3-2-8-28-15)19(25)17(12)10-21-13-4-6-14(7-5-13)23(26)27/h4-7,10,15,25H,2-3,8,11H2,1H3. The number of rotatable bonds is 5. The second-order valence-electron chi connectivity index (χ2n) is 6.43. The van der Waals surface area contributed by atoms with E-state index < -0.39 is 10.5 Å². The summed E-state index contributed by atoms with van der Waals surface area (Å²) >= 11 is 0. The Morgan fingerprint density at radius 3 is 2.75 bits per heavy atom. The lowest BCUT2D eigenvalue weighted by molar-refractivity contribution is -0.384. The van der Waals surface area contributed by atoms with E-state index in [1.165, 1.54) is 30.5 Å². The number of aromatic hydroxyl groups is 1. The number of ether oxygens (including phenoxy) is 1. The molecule has 1 atom stereocenters. The predicted molar refractivity (Wildman–Crippen MR) is 101 cm³/mol. The summed E-state index contributed by atoms with van der Waals surface area (Å²) < 4.78 is 6.67. The summed E-state index contributed by atoms with van der Waals surface area (Å²) in [5.74, 6) is -0.289. The molecular weight excluding hydrogens is 364 g/mol. The number of hydrogen-bond acceptors (Lipinski definition) is 7. The number of nitro benzene ring substituents is 1. The molecule has 9 nitrogen and oxygen atoms in total. The Morgan fingerprint density at radius 1 is 1.46 bits per heavy atom. The highest BCUT2D eigenvalue weighted by Gasteiger charge is 2.23. The van der Waals surface area contributed by atoms with Crippen molar-refractivity contribution in [3.05, 3.63) is 61.4 Å². The van der Waals surface area contributed by atoms with Crippen LogP contribution in [-0.2, 0) is 11.3 Å². The number of benzene rings is 1. The molecule has 0 spiro atoms. The molecule has 144 valence electrons. The van der Waals surface area contributed by atoms with Crippen LogP contribution in [0.1, 0.15) is 29.5 Å². The maximum absolute atomic E-state index is 12.6. The first kappa shape index (κ1) is 19.3. The van der Waals surface area contributed by atoms with Crippen molar-refractivity contribution in [3.8, 4) is 11.9 Å². The van der Waals surface area contributed by atoms with Gasteiger partial charge in [-0.25, -0.2) is 0 Å². The largest absolute Gasteiger partial charge is 0.494 e. The molecule has 0 saturated carbocycles. The van der Waals surface area contributed by atoms with Crippen molar-refractivity contribution in [1.82, 2.24) is 4.57 Å². The molecule has 9 heteroatoms. The van der Waals surface area contributed by atoms with E-state index in [1.54, 1.807) is 6.92 Å². The molecule has 1 fully saturated rings. The monoisotopic (exact) mass is 382 g/mol. The average molecular weight is 382 g/mol. The van der Waals surface area contributed by atoms with Crippen molar-refractivity contribution in [2.24, 2.45) is 4.99 Å². The SMILES string of the molecule is Cc1c(C=Nc2ccc([N+](=O)[O-])cc2)c(O)n(CC2CCCO2)c(=O)c1C#N. The first-order valence-electron chi connectivity index (χ1n) is 8.69. The van der Waals surface area contributed by atoms with Gasteiger partial charge in [0.2, 0.25) is 5.88 Å². The highest BCUT2D eigenvalue weighted by molar-refractivity contribution is 5.87. The van der Waals surface area contributed by atoms with Gasteiger partial charge in [0.05, 0.1) is 28.8 Å². The van der Waals surface area contributed by atoms with Crippen LogP contribution in [0.15, 0.2) is 34.1 Å². The molecule has 2 heterocycles. The van der Waals surface area contributed by atoms with Crippen LogP contribution in [-0.4, -0.2) is 33.5 Å². The molecule has 0 radical (unpaired) electrons. The lowest BCUT2D eigenvalue weighted by Gasteiger charge is -2.17. The summed E-state index contributed by atoms with van der Waals surface area (Å²) in [6, 6.07) is 7.46. The summed E-state index contributed by atoms with van der Waals surface area (Å²) in [4.78, 5) is 27.0. The highest BCUT2D eigenvalue weighted by atomic mass is 16.6. The number of aromatic nitrogens is 1. The Labute approximate surface area is 160 Å². The van der Waals surface area contributed by atoms with Crippen LogP contribution >= 0.6 is 0 Å². The Hall–Kier alpha value is -3.51. The molecule has 0 aliphatic carbocycles. The van der Waals surface area contributed by atoms with Gasteiger partial charge in [-0.15, -0.1) is 0 Å². The van der Waals surface area contributed by atoms with E-state index in [0.29, 0.717) is 17.9 Å². The molecule has 0 amide bonds. The lowest BCUT2D eigenvalue weighted by Crippen LogP contribution is -2.29. The van der Waals surface area contributed by atoms with Crippen molar-refractivity contribution in [2.75, 3.05) is 6.61 Å². The Kier molecular flexibility index (Phi) is 5.52. The fraction of sp³-hybridized carbons (Fsp3) is 0.316. The van der Waals surface area contributed by atoms with Gasteiger partial charge >= 0.3 is 0 Å². The second kappa shape index (κ2) is 8.02. The third kappa shape index (κ3) is 3.77. The summed E-state index contributed by atoms with van der Waals surface area (Å²) in [5.41, 5.74) is 0.294. The summed E-state index contributed by atoms with van der Waals surface area (Å²) in [6.45, 7) is 2.32. The van der Waals surface area contributed by atoms with Crippen molar-refractivity contribution in [3.63, 3.8) is 0 Å². The molecule has 1 unspecified atom stereocenters. The van der Waals surface area contributed by atoms with Gasteiger partial charge in [-0.3, -0.25) is 24.5 Å². The van der Waals surface area contributed by atoms with E-state index in [1.807, 2.05) is 6.07 Å². The number of hydrogen-bond donors (Lipinski definition) is 1. The normalized spacial score (nSPS) is 16.4. The average Bonchev–Trinajstić information content (AvgIpc) is 3.19. The topological polar surface area (TPSA) is 131 Å². The van der Waals surface area contributed by atoms with Crippen LogP contribution in [0.3, 0.4) is 0 Å². The molecule has 1 aromatic carbocycles. The van der Waals surface area contributed by atoms with E-state index in [4.69, 9.17) is 4.74 Å². The Balaban J connectivity index is 2.00. The Morgan fingerprint density at radius 2 is 2.18 bits per heavy atom. The molecule has 1 N–H and O–H groups in total. The molecule has 3 rings (SSSR count). The van der Waals surface area contributed by atoms with Crippen LogP contribution in [0.2, 0.25) is 0 Å². The van der Waals surface area contributed by atoms with Crippen LogP contribution in [0.4, 0.5) is 11.4 Å². The molecule has 1 aromatic heterocycles. The van der Waals surface area contributed by atoms with Crippen molar-refractivity contribution < 1.29 is 14.8 Å². The molecule has 1 aliphatic rings. The van der Waals surface area contributed by atoms with E-state index in [2.05, 4.69) is 4.99 Å². The third-order valence-corrected chi connectivity index (χ3v) is 4.66. The van der Waals surface area contributed by atoms with Crippen LogP contribution in [0, 0.1) is 28.4 Å². The minimum absolute atomic E-state index is 0.0603. The van der Waals surface area contributed by atoms with Gasteiger partial charge in [-0.1, -0.05) is 0 Å². The van der Waals surface area contributed by atoms with Gasteiger partial charge in [0, 0.05) is 25.0 Å². The fourth-order valence-electron chi connectivity index (χ4n) is 3.09. The molecule has 1 saturated heterocycles. The van der Waals surface area contributed by atoms with Crippen LogP contribution < -0.4 is 5.56 Å². The summed E-state index contributed by atoms with van der Waals surface area (Å²) in [5, 5.41) is 30.7. The minimum atomic E-state index is -0.569. The Bertz CT molecular complexity index is 1030. The van der Waals surface area contributed by atoms with Crippen molar-refractivity contribution >= 4 is 17.6 Å². The molecule has 1 aliphatic heterocycles. The van der Waals surface area contributed by atoms with Gasteiger partial charge < -0.3 is 9.84 Å². The van der Waals surface area contributed by atoms with Crippen molar-refractivity contribution in [2.45, 2.75) is 32.4 Å². The first-order valence-corrected chi connectivity index (χ1v) is 8.69. The zero-order chi connectivity index (χ0) is 20.3. The van der Waals surface area contributed by atoms with Gasteiger partial charge in [0.15, 0.2) is 0 Å². The zero-order valence-electron chi connectivity index (χ0n) is 15.2. The number of non-ortho nitro benzene ring substituents is 1. The lowest BCUT2D eigenvalue weighted by atomic mass is 10.1. The highest BCUT2D eigenvalue weighted by Crippen LogP contribution is 2.24. The number of aliphatic imine (C=N–C) groups is 1. The summed E-state index contributed by atoms with van der Waals surface area (Å²) in [6.07, 6.45) is 2.80. The predicted octanol–water partition coefficient (Wildman–Crippen LogP) is 2.57. The van der Waals surface area contributed by atoms with Gasteiger partial charge in [0.25, 0.3) is 11.2 Å². The van der Waals surface area contributed by atoms with E-state index in [-0.39, 0.29) is 35.3 Å².